The number of benzene rings is 2. The van der Waals surface area contributed by atoms with Crippen molar-refractivity contribution < 1.29 is 14.3 Å². The first kappa shape index (κ1) is 21.5. The summed E-state index contributed by atoms with van der Waals surface area (Å²) >= 11 is 1.17. The summed E-state index contributed by atoms with van der Waals surface area (Å²) < 4.78 is 5.46. The molecule has 6 nitrogen and oxygen atoms in total. The minimum absolute atomic E-state index is 0.0884. The smallest absolute Gasteiger partial charge is 0.234 e. The van der Waals surface area contributed by atoms with E-state index in [1.54, 1.807) is 0 Å². The van der Waals surface area contributed by atoms with Crippen LogP contribution < -0.4 is 15.4 Å². The maximum absolute atomic E-state index is 12.4. The van der Waals surface area contributed by atoms with Crippen molar-refractivity contribution in [3.05, 3.63) is 70.3 Å². The van der Waals surface area contributed by atoms with Gasteiger partial charge in [0.05, 0.1) is 29.0 Å². The number of allylic oxidation sites excluding steroid dienone is 1. The second-order valence-electron chi connectivity index (χ2n) is 6.81. The molecule has 2 aromatic rings. The Hall–Kier alpha value is -3.24. The van der Waals surface area contributed by atoms with E-state index in [4.69, 9.17) is 4.74 Å². The fourth-order valence-corrected chi connectivity index (χ4v) is 4.09. The summed E-state index contributed by atoms with van der Waals surface area (Å²) in [7, 11) is 0. The van der Waals surface area contributed by atoms with Crippen LogP contribution in [0.25, 0.3) is 0 Å². The van der Waals surface area contributed by atoms with E-state index in [1.165, 1.54) is 11.8 Å². The summed E-state index contributed by atoms with van der Waals surface area (Å²) in [6, 6.07) is 17.2. The summed E-state index contributed by atoms with van der Waals surface area (Å²) in [4.78, 5) is 24.6. The monoisotopic (exact) mass is 421 g/mol. The SMILES string of the molecule is CCOc1ccc([C@H]2CC(=O)NC(SCC(=O)Nc3ccccc3C)=C2C#N)cc1. The van der Waals surface area contributed by atoms with E-state index in [2.05, 4.69) is 16.7 Å². The molecule has 3 rings (SSSR count). The van der Waals surface area contributed by atoms with E-state index < -0.39 is 0 Å². The van der Waals surface area contributed by atoms with Gasteiger partial charge in [-0.3, -0.25) is 9.59 Å². The van der Waals surface area contributed by atoms with Gasteiger partial charge < -0.3 is 15.4 Å². The average Bonchev–Trinajstić information content (AvgIpc) is 2.74. The lowest BCUT2D eigenvalue weighted by Gasteiger charge is -2.25. The molecule has 7 heteroatoms. The van der Waals surface area contributed by atoms with Crippen LogP contribution in [0.4, 0.5) is 5.69 Å². The third kappa shape index (κ3) is 5.22. The molecule has 0 fully saturated rings. The number of amides is 2. The van der Waals surface area contributed by atoms with Crippen LogP contribution in [0.15, 0.2) is 59.1 Å². The normalized spacial score (nSPS) is 15.9. The molecule has 2 amide bonds. The Labute approximate surface area is 180 Å². The number of thioether (sulfide) groups is 1. The number of hydrogen-bond donors (Lipinski definition) is 2. The number of hydrogen-bond acceptors (Lipinski definition) is 5. The molecule has 1 heterocycles. The minimum Gasteiger partial charge on any atom is -0.494 e. The fourth-order valence-electron chi connectivity index (χ4n) is 3.22. The maximum atomic E-state index is 12.4. The van der Waals surface area contributed by atoms with Gasteiger partial charge in [-0.15, -0.1) is 0 Å². The van der Waals surface area contributed by atoms with Gasteiger partial charge in [-0.2, -0.15) is 5.26 Å². The Bertz CT molecular complexity index is 1010. The lowest BCUT2D eigenvalue weighted by molar-refractivity contribution is -0.121. The third-order valence-electron chi connectivity index (χ3n) is 4.72. The zero-order valence-corrected chi connectivity index (χ0v) is 17.7. The van der Waals surface area contributed by atoms with Crippen LogP contribution in [-0.4, -0.2) is 24.2 Å². The number of anilines is 1. The Morgan fingerprint density at radius 2 is 2.00 bits per heavy atom. The zero-order chi connectivity index (χ0) is 21.5. The van der Waals surface area contributed by atoms with Crippen molar-refractivity contribution in [3.8, 4) is 11.8 Å². The van der Waals surface area contributed by atoms with Crippen LogP contribution in [0.2, 0.25) is 0 Å². The molecule has 0 aromatic heterocycles. The minimum atomic E-state index is -0.346. The molecular formula is C23H23N3O3S. The second-order valence-corrected chi connectivity index (χ2v) is 7.80. The molecule has 1 aliphatic heterocycles. The van der Waals surface area contributed by atoms with Crippen molar-refractivity contribution in [2.75, 3.05) is 17.7 Å². The van der Waals surface area contributed by atoms with Crippen molar-refractivity contribution in [2.24, 2.45) is 0 Å². The van der Waals surface area contributed by atoms with Crippen LogP contribution in [0, 0.1) is 18.3 Å². The van der Waals surface area contributed by atoms with Gasteiger partial charge in [0.1, 0.15) is 5.75 Å². The van der Waals surface area contributed by atoms with Gasteiger partial charge in [-0.05, 0) is 43.2 Å². The molecule has 2 aromatic carbocycles. The van der Waals surface area contributed by atoms with Crippen molar-refractivity contribution in [3.63, 3.8) is 0 Å². The van der Waals surface area contributed by atoms with E-state index in [-0.39, 0.29) is 29.9 Å². The third-order valence-corrected chi connectivity index (χ3v) is 5.73. The average molecular weight is 422 g/mol. The number of nitriles is 1. The first-order valence-electron chi connectivity index (χ1n) is 9.67. The zero-order valence-electron chi connectivity index (χ0n) is 16.9. The van der Waals surface area contributed by atoms with Gasteiger partial charge in [0, 0.05) is 18.0 Å². The molecule has 0 unspecified atom stereocenters. The Balaban J connectivity index is 1.74. The Kier molecular flexibility index (Phi) is 7.15. The standard InChI is InChI=1S/C23H23N3O3S/c1-3-29-17-10-8-16(9-11-17)18-12-21(27)26-23(19(18)13-24)30-14-22(28)25-20-7-5-4-6-15(20)2/h4-11,18H,3,12,14H2,1-2H3,(H,25,28)(H,26,27)/t18-/m1/s1. The predicted octanol–water partition coefficient (Wildman–Crippen LogP) is 4.10. The number of carbonyl (C=O) groups is 2. The highest BCUT2D eigenvalue weighted by Gasteiger charge is 2.30. The van der Waals surface area contributed by atoms with Gasteiger partial charge >= 0.3 is 0 Å². The molecule has 0 radical (unpaired) electrons. The van der Waals surface area contributed by atoms with E-state index in [0.717, 1.165) is 22.6 Å². The van der Waals surface area contributed by atoms with Gasteiger partial charge in [0.25, 0.3) is 0 Å². The van der Waals surface area contributed by atoms with Crippen LogP contribution in [0.5, 0.6) is 5.75 Å². The number of aryl methyl sites for hydroxylation is 1. The number of ether oxygens (including phenoxy) is 1. The van der Waals surface area contributed by atoms with E-state index in [9.17, 15) is 14.9 Å². The molecule has 30 heavy (non-hydrogen) atoms. The molecular weight excluding hydrogens is 398 g/mol. The van der Waals surface area contributed by atoms with Crippen molar-refractivity contribution in [2.45, 2.75) is 26.2 Å². The topological polar surface area (TPSA) is 91.2 Å². The van der Waals surface area contributed by atoms with Gasteiger partial charge in [-0.1, -0.05) is 42.1 Å². The Morgan fingerprint density at radius 3 is 2.67 bits per heavy atom. The summed E-state index contributed by atoms with van der Waals surface area (Å²) in [6.07, 6.45) is 0.191. The molecule has 1 atom stereocenters. The summed E-state index contributed by atoms with van der Waals surface area (Å²) in [5, 5.41) is 15.8. The summed E-state index contributed by atoms with van der Waals surface area (Å²) in [5.74, 6) is 0.115. The molecule has 0 saturated heterocycles. The van der Waals surface area contributed by atoms with Crippen molar-refractivity contribution >= 4 is 29.3 Å². The van der Waals surface area contributed by atoms with Crippen LogP contribution in [0.1, 0.15) is 30.4 Å². The fraction of sp³-hybridized carbons (Fsp3) is 0.261. The molecule has 0 saturated carbocycles. The molecule has 0 bridgehead atoms. The number of rotatable bonds is 7. The highest BCUT2D eigenvalue weighted by molar-refractivity contribution is 8.03. The van der Waals surface area contributed by atoms with Crippen LogP contribution in [0.3, 0.4) is 0 Å². The van der Waals surface area contributed by atoms with Gasteiger partial charge in [-0.25, -0.2) is 0 Å². The molecule has 0 spiro atoms. The first-order valence-corrected chi connectivity index (χ1v) is 10.7. The molecule has 2 N–H and O–H groups in total. The quantitative estimate of drug-likeness (QED) is 0.702. The second kappa shape index (κ2) is 9.99. The predicted molar refractivity (Wildman–Crippen MR) is 118 cm³/mol. The van der Waals surface area contributed by atoms with Crippen LogP contribution >= 0.6 is 11.8 Å². The lowest BCUT2D eigenvalue weighted by atomic mass is 9.87. The highest BCUT2D eigenvalue weighted by Crippen LogP contribution is 2.36. The molecule has 1 aliphatic rings. The summed E-state index contributed by atoms with van der Waals surface area (Å²) in [5.41, 5.74) is 3.05. The van der Waals surface area contributed by atoms with Gasteiger partial charge in [0.2, 0.25) is 11.8 Å². The maximum Gasteiger partial charge on any atom is 0.234 e. The Morgan fingerprint density at radius 1 is 1.27 bits per heavy atom. The number of para-hydroxylation sites is 1. The van der Waals surface area contributed by atoms with E-state index >= 15 is 0 Å². The van der Waals surface area contributed by atoms with Crippen molar-refractivity contribution in [1.29, 1.82) is 5.26 Å². The highest BCUT2D eigenvalue weighted by atomic mass is 32.2. The van der Waals surface area contributed by atoms with Crippen LogP contribution in [-0.2, 0) is 9.59 Å². The van der Waals surface area contributed by atoms with Crippen molar-refractivity contribution in [1.82, 2.24) is 5.32 Å². The molecule has 0 aliphatic carbocycles. The van der Waals surface area contributed by atoms with E-state index in [1.807, 2.05) is 62.4 Å². The van der Waals surface area contributed by atoms with E-state index in [0.29, 0.717) is 17.2 Å². The largest absolute Gasteiger partial charge is 0.494 e. The lowest BCUT2D eigenvalue weighted by Crippen LogP contribution is -2.31. The number of nitrogens with one attached hydrogen (secondary N) is 2. The van der Waals surface area contributed by atoms with Gasteiger partial charge in [0.15, 0.2) is 0 Å². The summed E-state index contributed by atoms with van der Waals surface area (Å²) in [6.45, 7) is 4.40. The number of nitrogens with zero attached hydrogens (tertiary/aromatic N) is 1. The first-order chi connectivity index (χ1) is 14.5. The number of carbonyl (C=O) groups excluding carboxylic acids is 2. The molecule has 154 valence electrons.